The average molecular weight is 319 g/mol. The molecule has 3 N–H and O–H groups in total. The summed E-state index contributed by atoms with van der Waals surface area (Å²) in [6.07, 6.45) is 0.802. The normalized spacial score (nSPS) is 9.95. The van der Waals surface area contributed by atoms with E-state index in [1.54, 1.807) is 0 Å². The summed E-state index contributed by atoms with van der Waals surface area (Å²) in [4.78, 5) is 12.3. The van der Waals surface area contributed by atoms with E-state index >= 15 is 0 Å². The van der Waals surface area contributed by atoms with E-state index in [1.165, 1.54) is 11.1 Å². The van der Waals surface area contributed by atoms with E-state index in [2.05, 4.69) is 5.32 Å². The number of hydrogen-bond acceptors (Lipinski definition) is 2. The molecule has 2 aromatic carbocycles. The maximum Gasteiger partial charge on any atom is 0.251 e. The van der Waals surface area contributed by atoms with Crippen molar-refractivity contribution >= 4 is 24.0 Å². The Morgan fingerprint density at radius 2 is 1.59 bits per heavy atom. The Morgan fingerprint density at radius 3 is 2.14 bits per heavy atom. The SMILES string of the molecule is Cc1cc(C)c(C(=O)NCCc2ccc(N)cc2)c(C)c1.Cl. The number of aryl methyl sites for hydroxylation is 3. The molecule has 0 saturated carbocycles. The minimum Gasteiger partial charge on any atom is -0.399 e. The van der Waals surface area contributed by atoms with Crippen LogP contribution >= 0.6 is 12.4 Å². The zero-order chi connectivity index (χ0) is 15.4. The Bertz CT molecular complexity index is 628. The lowest BCUT2D eigenvalue weighted by Gasteiger charge is -2.12. The lowest BCUT2D eigenvalue weighted by atomic mass is 9.99. The van der Waals surface area contributed by atoms with E-state index in [9.17, 15) is 4.79 Å². The third-order valence-electron chi connectivity index (χ3n) is 3.58. The molecule has 0 unspecified atom stereocenters. The number of anilines is 1. The number of nitrogens with one attached hydrogen (secondary N) is 1. The second-order valence-corrected chi connectivity index (χ2v) is 5.52. The molecule has 118 valence electrons. The molecule has 0 heterocycles. The number of nitrogen functional groups attached to an aromatic ring is 1. The van der Waals surface area contributed by atoms with Gasteiger partial charge >= 0.3 is 0 Å². The molecule has 0 aliphatic rings. The lowest BCUT2D eigenvalue weighted by Crippen LogP contribution is -2.27. The first-order chi connectivity index (χ1) is 9.97. The molecule has 0 aliphatic carbocycles. The topological polar surface area (TPSA) is 55.1 Å². The third-order valence-corrected chi connectivity index (χ3v) is 3.58. The first-order valence-corrected chi connectivity index (χ1v) is 7.18. The summed E-state index contributed by atoms with van der Waals surface area (Å²) in [5.41, 5.74) is 11.6. The number of halogens is 1. The van der Waals surface area contributed by atoms with Crippen molar-refractivity contribution in [2.75, 3.05) is 12.3 Å². The molecule has 3 nitrogen and oxygen atoms in total. The van der Waals surface area contributed by atoms with Crippen molar-refractivity contribution in [1.82, 2.24) is 5.32 Å². The van der Waals surface area contributed by atoms with Gasteiger partial charge in [-0.1, -0.05) is 29.8 Å². The molecular formula is C18H23ClN2O. The maximum absolute atomic E-state index is 12.3. The number of hydrogen-bond donors (Lipinski definition) is 2. The fraction of sp³-hybridized carbons (Fsp3) is 0.278. The van der Waals surface area contributed by atoms with Gasteiger partial charge in [-0.2, -0.15) is 0 Å². The summed E-state index contributed by atoms with van der Waals surface area (Å²) < 4.78 is 0. The molecule has 0 fully saturated rings. The van der Waals surface area contributed by atoms with Gasteiger partial charge in [0.25, 0.3) is 5.91 Å². The van der Waals surface area contributed by atoms with Gasteiger partial charge in [-0.15, -0.1) is 12.4 Å². The van der Waals surface area contributed by atoms with E-state index in [4.69, 9.17) is 5.73 Å². The van der Waals surface area contributed by atoms with Crippen molar-refractivity contribution in [3.8, 4) is 0 Å². The van der Waals surface area contributed by atoms with Crippen LogP contribution in [-0.4, -0.2) is 12.5 Å². The highest BCUT2D eigenvalue weighted by molar-refractivity contribution is 5.97. The largest absolute Gasteiger partial charge is 0.399 e. The second kappa shape index (κ2) is 7.85. The van der Waals surface area contributed by atoms with Gasteiger partial charge in [-0.3, -0.25) is 4.79 Å². The van der Waals surface area contributed by atoms with Crippen molar-refractivity contribution in [1.29, 1.82) is 0 Å². The van der Waals surface area contributed by atoms with Gasteiger partial charge in [0.05, 0.1) is 0 Å². The minimum atomic E-state index is 0. The minimum absolute atomic E-state index is 0. The number of nitrogens with two attached hydrogens (primary N) is 1. The number of carbonyl (C=O) groups is 1. The maximum atomic E-state index is 12.3. The van der Waals surface area contributed by atoms with Gasteiger partial charge in [0, 0.05) is 17.8 Å². The predicted molar refractivity (Wildman–Crippen MR) is 94.8 cm³/mol. The second-order valence-electron chi connectivity index (χ2n) is 5.52. The molecule has 2 aromatic rings. The van der Waals surface area contributed by atoms with Gasteiger partial charge in [0.15, 0.2) is 0 Å². The molecule has 2 rings (SSSR count). The summed E-state index contributed by atoms with van der Waals surface area (Å²) in [7, 11) is 0. The summed E-state index contributed by atoms with van der Waals surface area (Å²) in [5, 5.41) is 2.99. The van der Waals surface area contributed by atoms with E-state index < -0.39 is 0 Å². The predicted octanol–water partition coefficient (Wildman–Crippen LogP) is 3.59. The van der Waals surface area contributed by atoms with Crippen LogP contribution in [0.15, 0.2) is 36.4 Å². The molecule has 0 radical (unpaired) electrons. The standard InChI is InChI=1S/C18H22N2O.ClH/c1-12-10-13(2)17(14(3)11-12)18(21)20-9-8-15-4-6-16(19)7-5-15;/h4-7,10-11H,8-9,19H2,1-3H3,(H,20,21);1H. The number of carbonyl (C=O) groups excluding carboxylic acids is 1. The Kier molecular flexibility index (Phi) is 6.44. The molecule has 22 heavy (non-hydrogen) atoms. The molecular weight excluding hydrogens is 296 g/mol. The van der Waals surface area contributed by atoms with Gasteiger partial charge in [-0.05, 0) is 56.0 Å². The van der Waals surface area contributed by atoms with Crippen molar-refractivity contribution < 1.29 is 4.79 Å². The first kappa shape index (κ1) is 18.1. The number of rotatable bonds is 4. The van der Waals surface area contributed by atoms with Crippen molar-refractivity contribution in [3.05, 3.63) is 64.2 Å². The number of benzene rings is 2. The van der Waals surface area contributed by atoms with E-state index in [-0.39, 0.29) is 18.3 Å². The van der Waals surface area contributed by atoms with Crippen molar-refractivity contribution in [3.63, 3.8) is 0 Å². The Hall–Kier alpha value is -2.00. The monoisotopic (exact) mass is 318 g/mol. The van der Waals surface area contributed by atoms with Crippen molar-refractivity contribution in [2.45, 2.75) is 27.2 Å². The van der Waals surface area contributed by atoms with Crippen LogP contribution in [0.5, 0.6) is 0 Å². The van der Waals surface area contributed by atoms with Gasteiger partial charge in [0.2, 0.25) is 0 Å². The van der Waals surface area contributed by atoms with Crippen LogP contribution in [0.1, 0.15) is 32.6 Å². The fourth-order valence-electron chi connectivity index (χ4n) is 2.63. The highest BCUT2D eigenvalue weighted by atomic mass is 35.5. The summed E-state index contributed by atoms with van der Waals surface area (Å²) >= 11 is 0. The molecule has 0 aromatic heterocycles. The number of amides is 1. The van der Waals surface area contributed by atoms with Gasteiger partial charge in [0.1, 0.15) is 0 Å². The van der Waals surface area contributed by atoms with Crippen LogP contribution < -0.4 is 11.1 Å². The first-order valence-electron chi connectivity index (χ1n) is 7.18. The Labute approximate surface area is 138 Å². The fourth-order valence-corrected chi connectivity index (χ4v) is 2.63. The third kappa shape index (κ3) is 4.50. The quantitative estimate of drug-likeness (QED) is 0.846. The van der Waals surface area contributed by atoms with E-state index in [1.807, 2.05) is 57.2 Å². The summed E-state index contributed by atoms with van der Waals surface area (Å²) in [6.45, 7) is 6.63. The van der Waals surface area contributed by atoms with E-state index in [0.717, 1.165) is 28.8 Å². The zero-order valence-corrected chi connectivity index (χ0v) is 14.1. The van der Waals surface area contributed by atoms with Crippen LogP contribution in [0.2, 0.25) is 0 Å². The molecule has 4 heteroatoms. The molecule has 0 aliphatic heterocycles. The van der Waals surface area contributed by atoms with Gasteiger partial charge < -0.3 is 11.1 Å². The highest BCUT2D eigenvalue weighted by Crippen LogP contribution is 2.16. The van der Waals surface area contributed by atoms with Crippen LogP contribution in [0.4, 0.5) is 5.69 Å². The van der Waals surface area contributed by atoms with Crippen LogP contribution in [-0.2, 0) is 6.42 Å². The van der Waals surface area contributed by atoms with Crippen LogP contribution in [0.25, 0.3) is 0 Å². The van der Waals surface area contributed by atoms with Crippen LogP contribution in [0, 0.1) is 20.8 Å². The lowest BCUT2D eigenvalue weighted by molar-refractivity contribution is 0.0953. The average Bonchev–Trinajstić information content (AvgIpc) is 2.40. The Balaban J connectivity index is 0.00000242. The molecule has 0 bridgehead atoms. The molecule has 0 spiro atoms. The summed E-state index contributed by atoms with van der Waals surface area (Å²) in [5.74, 6) is 0.000412. The van der Waals surface area contributed by atoms with Crippen molar-refractivity contribution in [2.24, 2.45) is 0 Å². The molecule has 1 amide bonds. The smallest absolute Gasteiger partial charge is 0.251 e. The summed E-state index contributed by atoms with van der Waals surface area (Å²) in [6, 6.07) is 11.8. The van der Waals surface area contributed by atoms with Gasteiger partial charge in [-0.25, -0.2) is 0 Å². The highest BCUT2D eigenvalue weighted by Gasteiger charge is 2.12. The zero-order valence-electron chi connectivity index (χ0n) is 13.3. The Morgan fingerprint density at radius 1 is 1.05 bits per heavy atom. The van der Waals surface area contributed by atoms with Crippen LogP contribution in [0.3, 0.4) is 0 Å². The molecule has 0 atom stereocenters. The van der Waals surface area contributed by atoms with E-state index in [0.29, 0.717) is 6.54 Å². The molecule has 0 saturated heterocycles.